The van der Waals surface area contributed by atoms with Crippen LogP contribution in [-0.4, -0.2) is 16.6 Å². The molecular formula is C16H14F3N3O. The number of nitrogen functional groups attached to an aromatic ring is 1. The van der Waals surface area contributed by atoms with Gasteiger partial charge in [0.05, 0.1) is 12.3 Å². The van der Waals surface area contributed by atoms with Crippen LogP contribution in [0.5, 0.6) is 5.75 Å². The Hall–Kier alpha value is -2.70. The van der Waals surface area contributed by atoms with Crippen molar-refractivity contribution in [3.63, 3.8) is 0 Å². The van der Waals surface area contributed by atoms with Crippen LogP contribution < -0.4 is 10.5 Å². The second-order valence-corrected chi connectivity index (χ2v) is 5.10. The Labute approximate surface area is 130 Å². The summed E-state index contributed by atoms with van der Waals surface area (Å²) in [6, 6.07) is 7.88. The molecule has 0 fully saturated rings. The van der Waals surface area contributed by atoms with Crippen molar-refractivity contribution in [2.24, 2.45) is 0 Å². The fourth-order valence-corrected chi connectivity index (χ4v) is 2.24. The average molecular weight is 321 g/mol. The predicted molar refractivity (Wildman–Crippen MR) is 81.1 cm³/mol. The van der Waals surface area contributed by atoms with Gasteiger partial charge in [-0.05, 0) is 29.8 Å². The largest absolute Gasteiger partial charge is 0.493 e. The minimum Gasteiger partial charge on any atom is -0.493 e. The number of halogens is 3. The highest BCUT2D eigenvalue weighted by Gasteiger charge is 2.31. The first-order valence-electron chi connectivity index (χ1n) is 6.95. The molecule has 2 aromatic heterocycles. The van der Waals surface area contributed by atoms with Gasteiger partial charge in [0.25, 0.3) is 0 Å². The number of fused-ring (bicyclic) bond motifs is 1. The molecule has 0 saturated heterocycles. The molecule has 7 heteroatoms. The molecule has 1 aromatic carbocycles. The molecule has 0 bridgehead atoms. The molecule has 3 rings (SSSR count). The van der Waals surface area contributed by atoms with Crippen LogP contribution in [0.3, 0.4) is 0 Å². The van der Waals surface area contributed by atoms with E-state index in [1.807, 2.05) is 18.2 Å². The van der Waals surface area contributed by atoms with E-state index in [-0.39, 0.29) is 0 Å². The number of ether oxygens (including phenoxy) is 1. The lowest BCUT2D eigenvalue weighted by molar-refractivity contribution is -0.141. The zero-order valence-electron chi connectivity index (χ0n) is 12.0. The van der Waals surface area contributed by atoms with Crippen molar-refractivity contribution in [2.75, 3.05) is 12.3 Å². The summed E-state index contributed by atoms with van der Waals surface area (Å²) in [5, 5.41) is 0.874. The van der Waals surface area contributed by atoms with Crippen molar-refractivity contribution in [2.45, 2.75) is 12.6 Å². The molecule has 0 radical (unpaired) electrons. The van der Waals surface area contributed by atoms with Gasteiger partial charge < -0.3 is 15.5 Å². The Morgan fingerprint density at radius 1 is 1.17 bits per heavy atom. The molecule has 0 spiro atoms. The number of hydrogen-bond donors (Lipinski definition) is 2. The second kappa shape index (κ2) is 5.83. The molecule has 23 heavy (non-hydrogen) atoms. The number of pyridine rings is 1. The van der Waals surface area contributed by atoms with E-state index in [0.717, 1.165) is 17.0 Å². The monoisotopic (exact) mass is 321 g/mol. The molecule has 0 aliphatic heterocycles. The summed E-state index contributed by atoms with van der Waals surface area (Å²) in [5.74, 6) is 0.656. The van der Waals surface area contributed by atoms with E-state index in [4.69, 9.17) is 10.5 Å². The molecule has 120 valence electrons. The van der Waals surface area contributed by atoms with Gasteiger partial charge in [0, 0.05) is 29.7 Å². The zero-order chi connectivity index (χ0) is 16.4. The van der Waals surface area contributed by atoms with Crippen LogP contribution >= 0.6 is 0 Å². The van der Waals surface area contributed by atoms with E-state index in [0.29, 0.717) is 30.0 Å². The van der Waals surface area contributed by atoms with Crippen LogP contribution in [0.15, 0.2) is 42.7 Å². The van der Waals surface area contributed by atoms with Crippen molar-refractivity contribution >= 4 is 16.6 Å². The molecule has 2 heterocycles. The lowest BCUT2D eigenvalue weighted by Crippen LogP contribution is -2.08. The lowest BCUT2D eigenvalue weighted by atomic mass is 10.2. The highest BCUT2D eigenvalue weighted by molar-refractivity contribution is 5.92. The van der Waals surface area contributed by atoms with Crippen LogP contribution in [0.4, 0.5) is 18.9 Å². The Morgan fingerprint density at radius 3 is 2.70 bits per heavy atom. The van der Waals surface area contributed by atoms with Gasteiger partial charge in [-0.2, -0.15) is 13.2 Å². The van der Waals surface area contributed by atoms with Gasteiger partial charge in [-0.3, -0.25) is 4.98 Å². The van der Waals surface area contributed by atoms with E-state index in [1.54, 1.807) is 6.20 Å². The maximum absolute atomic E-state index is 12.4. The van der Waals surface area contributed by atoms with Crippen LogP contribution in [-0.2, 0) is 12.6 Å². The van der Waals surface area contributed by atoms with E-state index >= 15 is 0 Å². The summed E-state index contributed by atoms with van der Waals surface area (Å²) in [7, 11) is 0. The van der Waals surface area contributed by atoms with Gasteiger partial charge in [-0.1, -0.05) is 6.07 Å². The van der Waals surface area contributed by atoms with Gasteiger partial charge in [0.1, 0.15) is 11.4 Å². The standard InChI is InChI=1S/C16H14F3N3O/c17-16(18,19)15-4-1-10(8-22-15)5-6-23-11-2-3-14-12(7-11)13(20)9-21-14/h1-4,7-9,21H,5-6,20H2. The van der Waals surface area contributed by atoms with Gasteiger partial charge in [-0.15, -0.1) is 0 Å². The fraction of sp³-hybridized carbons (Fsp3) is 0.188. The first kappa shape index (κ1) is 15.2. The Bertz CT molecular complexity index is 810. The second-order valence-electron chi connectivity index (χ2n) is 5.10. The van der Waals surface area contributed by atoms with Crippen molar-refractivity contribution in [3.8, 4) is 5.75 Å². The van der Waals surface area contributed by atoms with Crippen LogP contribution in [0.25, 0.3) is 10.9 Å². The molecule has 3 N–H and O–H groups in total. The van der Waals surface area contributed by atoms with E-state index < -0.39 is 11.9 Å². The van der Waals surface area contributed by atoms with Gasteiger partial charge in [0.15, 0.2) is 0 Å². The molecule has 0 amide bonds. The number of nitrogens with zero attached hydrogens (tertiary/aromatic N) is 1. The number of hydrogen-bond acceptors (Lipinski definition) is 3. The molecule has 0 unspecified atom stereocenters. The van der Waals surface area contributed by atoms with Crippen LogP contribution in [0, 0.1) is 0 Å². The smallest absolute Gasteiger partial charge is 0.433 e. The van der Waals surface area contributed by atoms with Crippen LogP contribution in [0.1, 0.15) is 11.3 Å². The number of anilines is 1. The molecule has 0 aliphatic rings. The first-order chi connectivity index (χ1) is 10.9. The third-order valence-corrected chi connectivity index (χ3v) is 3.46. The Morgan fingerprint density at radius 2 is 2.00 bits per heavy atom. The summed E-state index contributed by atoms with van der Waals surface area (Å²) in [6.45, 7) is 0.336. The van der Waals surface area contributed by atoms with Gasteiger partial charge >= 0.3 is 6.18 Å². The number of alkyl halides is 3. The first-order valence-corrected chi connectivity index (χ1v) is 6.95. The van der Waals surface area contributed by atoms with Crippen molar-refractivity contribution in [1.82, 2.24) is 9.97 Å². The van der Waals surface area contributed by atoms with Crippen LogP contribution in [0.2, 0.25) is 0 Å². The molecule has 0 aliphatic carbocycles. The zero-order valence-corrected chi connectivity index (χ0v) is 12.0. The summed E-state index contributed by atoms with van der Waals surface area (Å²) >= 11 is 0. The number of rotatable bonds is 4. The quantitative estimate of drug-likeness (QED) is 0.768. The molecule has 0 saturated carbocycles. The maximum atomic E-state index is 12.4. The van der Waals surface area contributed by atoms with Crippen molar-refractivity contribution in [1.29, 1.82) is 0 Å². The molecule has 0 atom stereocenters. The van der Waals surface area contributed by atoms with Gasteiger partial charge in [-0.25, -0.2) is 0 Å². The molecule has 3 aromatic rings. The topological polar surface area (TPSA) is 63.9 Å². The highest BCUT2D eigenvalue weighted by atomic mass is 19.4. The number of nitrogens with two attached hydrogens (primary N) is 1. The molecular weight excluding hydrogens is 307 g/mol. The number of aromatic amines is 1. The van der Waals surface area contributed by atoms with E-state index in [1.165, 1.54) is 12.3 Å². The van der Waals surface area contributed by atoms with Gasteiger partial charge in [0.2, 0.25) is 0 Å². The van der Waals surface area contributed by atoms with E-state index in [2.05, 4.69) is 9.97 Å². The number of H-pyrrole nitrogens is 1. The number of nitrogens with one attached hydrogen (secondary N) is 1. The number of aromatic nitrogens is 2. The minimum absolute atomic E-state index is 0.336. The number of benzene rings is 1. The summed E-state index contributed by atoms with van der Waals surface area (Å²) < 4.78 is 42.9. The molecule has 4 nitrogen and oxygen atoms in total. The van der Waals surface area contributed by atoms with Crippen molar-refractivity contribution < 1.29 is 17.9 Å². The predicted octanol–water partition coefficient (Wildman–Crippen LogP) is 3.79. The highest BCUT2D eigenvalue weighted by Crippen LogP contribution is 2.27. The van der Waals surface area contributed by atoms with Crippen molar-refractivity contribution in [3.05, 3.63) is 54.0 Å². The summed E-state index contributed by atoms with van der Waals surface area (Å²) in [5.41, 5.74) is 7.17. The third kappa shape index (κ3) is 3.39. The average Bonchev–Trinajstić information content (AvgIpc) is 2.88. The third-order valence-electron chi connectivity index (χ3n) is 3.46. The Balaban J connectivity index is 1.61. The normalized spacial score (nSPS) is 11.8. The van der Waals surface area contributed by atoms with E-state index in [9.17, 15) is 13.2 Å². The lowest BCUT2D eigenvalue weighted by Gasteiger charge is -2.08. The summed E-state index contributed by atoms with van der Waals surface area (Å²) in [6.07, 6.45) is -1.02. The SMILES string of the molecule is Nc1c[nH]c2ccc(OCCc3ccc(C(F)(F)F)nc3)cc12. The maximum Gasteiger partial charge on any atom is 0.433 e. The Kier molecular flexibility index (Phi) is 3.85. The minimum atomic E-state index is -4.42. The fourth-order valence-electron chi connectivity index (χ4n) is 2.24. The summed E-state index contributed by atoms with van der Waals surface area (Å²) in [4.78, 5) is 6.45.